The fraction of sp³-hybridized carbons (Fsp3) is 0.200. The van der Waals surface area contributed by atoms with Crippen molar-refractivity contribution >= 4 is 51.4 Å². The summed E-state index contributed by atoms with van der Waals surface area (Å²) in [5.41, 5.74) is 4.59. The molecule has 0 spiro atoms. The number of rotatable bonds is 4. The molecule has 1 aromatic heterocycles. The van der Waals surface area contributed by atoms with Gasteiger partial charge in [-0.3, -0.25) is 4.98 Å². The highest BCUT2D eigenvalue weighted by Crippen LogP contribution is 2.37. The first-order valence-corrected chi connectivity index (χ1v) is 8.96. The van der Waals surface area contributed by atoms with Crippen LogP contribution in [0.5, 0.6) is 0 Å². The normalized spacial score (nSPS) is 10.8. The average molecular weight is 389 g/mol. The third-order valence-electron chi connectivity index (χ3n) is 4.25. The van der Waals surface area contributed by atoms with Crippen LogP contribution in [-0.2, 0) is 4.74 Å². The molecule has 26 heavy (non-hydrogen) atoms. The second kappa shape index (κ2) is 7.52. The third kappa shape index (κ3) is 3.48. The summed E-state index contributed by atoms with van der Waals surface area (Å²) in [6.45, 7) is 6.08. The van der Waals surface area contributed by atoms with Gasteiger partial charge in [0.1, 0.15) is 5.56 Å². The minimum Gasteiger partial charge on any atom is -0.462 e. The molecule has 0 aliphatic heterocycles. The number of aromatic nitrogens is 1. The van der Waals surface area contributed by atoms with Gasteiger partial charge in [0, 0.05) is 22.3 Å². The van der Waals surface area contributed by atoms with E-state index >= 15 is 0 Å². The number of fused-ring (bicyclic) bond motifs is 1. The molecule has 0 saturated carbocycles. The number of aryl methyl sites for hydroxylation is 1. The number of nitrogens with one attached hydrogen (secondary N) is 1. The molecule has 0 bridgehead atoms. The minimum absolute atomic E-state index is 0.272. The van der Waals surface area contributed by atoms with Crippen molar-refractivity contribution in [3.05, 3.63) is 63.3 Å². The molecule has 0 aliphatic carbocycles. The summed E-state index contributed by atoms with van der Waals surface area (Å²) in [5, 5.41) is 4.88. The zero-order chi connectivity index (χ0) is 18.8. The molecule has 0 unspecified atom stereocenters. The van der Waals surface area contributed by atoms with Crippen LogP contribution in [0.15, 0.2) is 36.5 Å². The monoisotopic (exact) mass is 388 g/mol. The number of hydrogen-bond donors (Lipinski definition) is 1. The number of carbonyl (C=O) groups is 1. The van der Waals surface area contributed by atoms with Gasteiger partial charge in [0.05, 0.1) is 22.8 Å². The predicted octanol–water partition coefficient (Wildman–Crippen LogP) is 6.08. The van der Waals surface area contributed by atoms with Crippen LogP contribution >= 0.6 is 23.2 Å². The molecule has 2 aromatic carbocycles. The van der Waals surface area contributed by atoms with Gasteiger partial charge in [0.2, 0.25) is 0 Å². The fourth-order valence-corrected chi connectivity index (χ4v) is 3.33. The number of anilines is 2. The largest absolute Gasteiger partial charge is 0.462 e. The summed E-state index contributed by atoms with van der Waals surface area (Å²) in [5.74, 6) is -0.458. The highest BCUT2D eigenvalue weighted by Gasteiger charge is 2.20. The number of hydrogen-bond acceptors (Lipinski definition) is 4. The molecule has 1 heterocycles. The Bertz CT molecular complexity index is 1000. The molecule has 0 aliphatic rings. The number of nitrogens with zero attached hydrogens (tertiary/aromatic N) is 1. The quantitative estimate of drug-likeness (QED) is 0.550. The Kier molecular flexibility index (Phi) is 5.35. The van der Waals surface area contributed by atoms with E-state index in [-0.39, 0.29) is 6.61 Å². The maximum absolute atomic E-state index is 12.5. The van der Waals surface area contributed by atoms with Gasteiger partial charge in [-0.1, -0.05) is 35.3 Å². The minimum atomic E-state index is -0.458. The van der Waals surface area contributed by atoms with Crippen molar-refractivity contribution < 1.29 is 9.53 Å². The number of esters is 1. The summed E-state index contributed by atoms with van der Waals surface area (Å²) in [7, 11) is 0. The molecule has 0 saturated heterocycles. The molecule has 6 heteroatoms. The van der Waals surface area contributed by atoms with Gasteiger partial charge in [-0.25, -0.2) is 4.79 Å². The second-order valence-corrected chi connectivity index (χ2v) is 6.77. The van der Waals surface area contributed by atoms with E-state index in [1.807, 2.05) is 32.0 Å². The number of halogens is 2. The Balaban J connectivity index is 2.26. The van der Waals surface area contributed by atoms with Gasteiger partial charge in [0.15, 0.2) is 0 Å². The molecule has 0 fully saturated rings. The van der Waals surface area contributed by atoms with Crippen LogP contribution in [0, 0.1) is 13.8 Å². The first-order valence-electron chi connectivity index (χ1n) is 8.20. The first kappa shape index (κ1) is 18.5. The van der Waals surface area contributed by atoms with Crippen LogP contribution in [-0.4, -0.2) is 17.6 Å². The Morgan fingerprint density at radius 2 is 2.00 bits per heavy atom. The van der Waals surface area contributed by atoms with Gasteiger partial charge < -0.3 is 10.1 Å². The van der Waals surface area contributed by atoms with E-state index in [0.717, 1.165) is 16.8 Å². The highest BCUT2D eigenvalue weighted by molar-refractivity contribution is 6.39. The molecule has 0 amide bonds. The molecule has 134 valence electrons. The Hall–Kier alpha value is -2.30. The number of carbonyl (C=O) groups excluding carboxylic acids is 1. The molecule has 0 atom stereocenters. The lowest BCUT2D eigenvalue weighted by Crippen LogP contribution is -2.10. The summed E-state index contributed by atoms with van der Waals surface area (Å²) >= 11 is 12.5. The van der Waals surface area contributed by atoms with Crippen molar-refractivity contribution in [2.24, 2.45) is 0 Å². The summed E-state index contributed by atoms with van der Waals surface area (Å²) in [4.78, 5) is 16.8. The lowest BCUT2D eigenvalue weighted by atomic mass is 10.1. The van der Waals surface area contributed by atoms with Crippen LogP contribution in [0.4, 0.5) is 11.4 Å². The van der Waals surface area contributed by atoms with E-state index in [9.17, 15) is 4.79 Å². The molecule has 0 radical (unpaired) electrons. The molecule has 1 N–H and O–H groups in total. The van der Waals surface area contributed by atoms with Gasteiger partial charge >= 0.3 is 5.97 Å². The Morgan fingerprint density at radius 3 is 2.73 bits per heavy atom. The SMILES string of the molecule is CCOC(=O)c1cnc2cc(Cl)cc(Cl)c2c1Nc1cccc(C)c1C. The maximum Gasteiger partial charge on any atom is 0.341 e. The maximum atomic E-state index is 12.5. The smallest absolute Gasteiger partial charge is 0.341 e. The zero-order valence-electron chi connectivity index (χ0n) is 14.7. The van der Waals surface area contributed by atoms with E-state index < -0.39 is 5.97 Å². The van der Waals surface area contributed by atoms with Crippen LogP contribution in [0.2, 0.25) is 10.0 Å². The molecule has 3 aromatic rings. The van der Waals surface area contributed by atoms with Crippen LogP contribution in [0.3, 0.4) is 0 Å². The lowest BCUT2D eigenvalue weighted by Gasteiger charge is -2.17. The predicted molar refractivity (Wildman–Crippen MR) is 107 cm³/mol. The van der Waals surface area contributed by atoms with Crippen molar-refractivity contribution in [2.45, 2.75) is 20.8 Å². The Labute approximate surface area is 162 Å². The first-order chi connectivity index (χ1) is 12.4. The molecular weight excluding hydrogens is 371 g/mol. The summed E-state index contributed by atoms with van der Waals surface area (Å²) < 4.78 is 5.18. The van der Waals surface area contributed by atoms with Gasteiger partial charge in [-0.2, -0.15) is 0 Å². The van der Waals surface area contributed by atoms with E-state index in [0.29, 0.717) is 32.2 Å². The average Bonchev–Trinajstić information content (AvgIpc) is 2.58. The highest BCUT2D eigenvalue weighted by atomic mass is 35.5. The van der Waals surface area contributed by atoms with Crippen molar-refractivity contribution in [1.29, 1.82) is 0 Å². The van der Waals surface area contributed by atoms with E-state index in [1.165, 1.54) is 6.20 Å². The third-order valence-corrected chi connectivity index (χ3v) is 4.76. The van der Waals surface area contributed by atoms with E-state index in [4.69, 9.17) is 27.9 Å². The zero-order valence-corrected chi connectivity index (χ0v) is 16.2. The van der Waals surface area contributed by atoms with Crippen LogP contribution in [0.1, 0.15) is 28.4 Å². The van der Waals surface area contributed by atoms with Crippen LogP contribution < -0.4 is 5.32 Å². The van der Waals surface area contributed by atoms with Gasteiger partial charge in [-0.15, -0.1) is 0 Å². The van der Waals surface area contributed by atoms with Gasteiger partial charge in [-0.05, 0) is 50.1 Å². The van der Waals surface area contributed by atoms with Crippen molar-refractivity contribution in [3.8, 4) is 0 Å². The molecule has 4 nitrogen and oxygen atoms in total. The van der Waals surface area contributed by atoms with Crippen molar-refractivity contribution in [3.63, 3.8) is 0 Å². The molecular formula is C20H18Cl2N2O2. The summed E-state index contributed by atoms with van der Waals surface area (Å²) in [6, 6.07) is 9.29. The van der Waals surface area contributed by atoms with E-state index in [2.05, 4.69) is 10.3 Å². The van der Waals surface area contributed by atoms with Crippen molar-refractivity contribution in [1.82, 2.24) is 4.98 Å². The van der Waals surface area contributed by atoms with Gasteiger partial charge in [0.25, 0.3) is 0 Å². The second-order valence-electron chi connectivity index (χ2n) is 5.92. The summed E-state index contributed by atoms with van der Waals surface area (Å²) in [6.07, 6.45) is 1.49. The number of ether oxygens (including phenoxy) is 1. The lowest BCUT2D eigenvalue weighted by molar-refractivity contribution is 0.0527. The Morgan fingerprint density at radius 1 is 1.23 bits per heavy atom. The molecule has 3 rings (SSSR count). The standard InChI is InChI=1S/C20H18Cl2N2O2/c1-4-26-20(25)14-10-23-17-9-13(21)8-15(22)18(17)19(14)24-16-7-5-6-11(2)12(16)3/h5-10H,4H2,1-3H3,(H,23,24). The number of pyridine rings is 1. The number of benzene rings is 2. The topological polar surface area (TPSA) is 51.2 Å². The van der Waals surface area contributed by atoms with Crippen molar-refractivity contribution in [2.75, 3.05) is 11.9 Å². The van der Waals surface area contributed by atoms with E-state index in [1.54, 1.807) is 19.1 Å². The van der Waals surface area contributed by atoms with Crippen LogP contribution in [0.25, 0.3) is 10.9 Å². The fourth-order valence-electron chi connectivity index (χ4n) is 2.76.